The number of hydrogen-bond donors (Lipinski definition) is 1. The predicted octanol–water partition coefficient (Wildman–Crippen LogP) is 2.48. The summed E-state index contributed by atoms with van der Waals surface area (Å²) in [4.78, 5) is 26.3. The average molecular weight is 324 g/mol. The minimum atomic E-state index is -0.398. The van der Waals surface area contributed by atoms with Crippen LogP contribution in [-0.2, 0) is 11.3 Å². The van der Waals surface area contributed by atoms with Crippen LogP contribution in [0.1, 0.15) is 15.9 Å². The Kier molecular flexibility index (Phi) is 5.23. The molecule has 1 amide bonds. The first-order valence-corrected chi connectivity index (χ1v) is 8.02. The fraction of sp³-hybridized carbons (Fsp3) is 0.263. The van der Waals surface area contributed by atoms with E-state index in [0.29, 0.717) is 25.2 Å². The molecule has 1 atom stereocenters. The smallest absolute Gasteiger partial charge is 0.410 e. The van der Waals surface area contributed by atoms with Gasteiger partial charge in [0, 0.05) is 25.2 Å². The highest BCUT2D eigenvalue weighted by Crippen LogP contribution is 2.10. The molecule has 1 aliphatic rings. The summed E-state index contributed by atoms with van der Waals surface area (Å²) in [5.74, 6) is -0.00356. The Morgan fingerprint density at radius 3 is 2.42 bits per heavy atom. The van der Waals surface area contributed by atoms with Gasteiger partial charge in [-0.1, -0.05) is 60.7 Å². The highest BCUT2D eigenvalue weighted by molar-refractivity contribution is 6.00. The van der Waals surface area contributed by atoms with Crippen molar-refractivity contribution in [3.8, 4) is 0 Å². The van der Waals surface area contributed by atoms with Crippen LogP contribution >= 0.6 is 0 Å². The molecule has 124 valence electrons. The number of carbonyl (C=O) groups is 2. The SMILES string of the molecule is O=C(c1ccccc1)[C@H]1CN(C(=O)OCc2ccccc2)CCN1. The zero-order valence-electron chi connectivity index (χ0n) is 13.4. The Morgan fingerprint density at radius 1 is 1.04 bits per heavy atom. The van der Waals surface area contributed by atoms with Gasteiger partial charge in [-0.05, 0) is 5.56 Å². The molecule has 3 rings (SSSR count). The highest BCUT2D eigenvalue weighted by atomic mass is 16.6. The van der Waals surface area contributed by atoms with Crippen LogP contribution in [0.3, 0.4) is 0 Å². The number of rotatable bonds is 4. The topological polar surface area (TPSA) is 58.6 Å². The molecule has 0 unspecified atom stereocenters. The van der Waals surface area contributed by atoms with Crippen molar-refractivity contribution in [3.05, 3.63) is 71.8 Å². The van der Waals surface area contributed by atoms with E-state index in [1.165, 1.54) is 0 Å². The summed E-state index contributed by atoms with van der Waals surface area (Å²) in [7, 11) is 0. The van der Waals surface area contributed by atoms with Crippen LogP contribution in [0, 0.1) is 0 Å². The summed E-state index contributed by atoms with van der Waals surface area (Å²) < 4.78 is 5.35. The predicted molar refractivity (Wildman–Crippen MR) is 90.8 cm³/mol. The molecule has 0 radical (unpaired) electrons. The monoisotopic (exact) mass is 324 g/mol. The molecule has 0 bridgehead atoms. The van der Waals surface area contributed by atoms with E-state index in [2.05, 4.69) is 5.32 Å². The van der Waals surface area contributed by atoms with E-state index in [0.717, 1.165) is 5.56 Å². The third kappa shape index (κ3) is 4.00. The minimum Gasteiger partial charge on any atom is -0.445 e. The summed E-state index contributed by atoms with van der Waals surface area (Å²) in [6, 6.07) is 18.3. The number of ether oxygens (including phenoxy) is 1. The number of amides is 1. The zero-order chi connectivity index (χ0) is 16.8. The Bertz CT molecular complexity index is 688. The van der Waals surface area contributed by atoms with Crippen LogP contribution in [0.25, 0.3) is 0 Å². The van der Waals surface area contributed by atoms with E-state index in [1.54, 1.807) is 17.0 Å². The third-order valence-electron chi connectivity index (χ3n) is 4.01. The standard InChI is InChI=1S/C19H20N2O3/c22-18(16-9-5-2-6-10-16)17-13-21(12-11-20-17)19(23)24-14-15-7-3-1-4-8-15/h1-10,17,20H,11-14H2/t17-/m1/s1. The fourth-order valence-electron chi connectivity index (χ4n) is 2.71. The van der Waals surface area contributed by atoms with Gasteiger partial charge in [0.15, 0.2) is 5.78 Å². The maximum Gasteiger partial charge on any atom is 0.410 e. The van der Waals surface area contributed by atoms with Gasteiger partial charge < -0.3 is 15.0 Å². The van der Waals surface area contributed by atoms with Crippen LogP contribution in [0.4, 0.5) is 4.79 Å². The van der Waals surface area contributed by atoms with Gasteiger partial charge in [0.25, 0.3) is 0 Å². The summed E-state index contributed by atoms with van der Waals surface area (Å²) >= 11 is 0. The van der Waals surface area contributed by atoms with Crippen molar-refractivity contribution >= 4 is 11.9 Å². The van der Waals surface area contributed by atoms with E-state index in [4.69, 9.17) is 4.74 Å². The van der Waals surface area contributed by atoms with E-state index in [1.807, 2.05) is 48.5 Å². The van der Waals surface area contributed by atoms with Crippen molar-refractivity contribution in [2.24, 2.45) is 0 Å². The second kappa shape index (κ2) is 7.75. The summed E-state index contributed by atoms with van der Waals surface area (Å²) in [6.07, 6.45) is -0.383. The Hall–Kier alpha value is -2.66. The molecule has 1 aliphatic heterocycles. The molecule has 0 aliphatic carbocycles. The van der Waals surface area contributed by atoms with Gasteiger partial charge in [-0.15, -0.1) is 0 Å². The van der Waals surface area contributed by atoms with Crippen molar-refractivity contribution in [1.29, 1.82) is 0 Å². The summed E-state index contributed by atoms with van der Waals surface area (Å²) in [5.41, 5.74) is 1.59. The maximum atomic E-state index is 12.5. The number of ketones is 1. The molecule has 24 heavy (non-hydrogen) atoms. The molecule has 5 heteroatoms. The second-order valence-corrected chi connectivity index (χ2v) is 5.72. The molecule has 1 heterocycles. The van der Waals surface area contributed by atoms with Crippen LogP contribution in [-0.4, -0.2) is 42.5 Å². The fourth-order valence-corrected chi connectivity index (χ4v) is 2.71. The Labute approximate surface area is 141 Å². The van der Waals surface area contributed by atoms with E-state index < -0.39 is 6.04 Å². The normalized spacial score (nSPS) is 17.3. The van der Waals surface area contributed by atoms with E-state index >= 15 is 0 Å². The number of Topliss-reactive ketones (excluding diaryl/α,β-unsaturated/α-hetero) is 1. The number of hydrogen-bond acceptors (Lipinski definition) is 4. The molecule has 1 fully saturated rings. The molecule has 0 spiro atoms. The number of benzene rings is 2. The molecule has 5 nitrogen and oxygen atoms in total. The lowest BCUT2D eigenvalue weighted by Gasteiger charge is -2.32. The van der Waals surface area contributed by atoms with Gasteiger partial charge >= 0.3 is 6.09 Å². The first-order chi connectivity index (χ1) is 11.7. The lowest BCUT2D eigenvalue weighted by molar-refractivity contribution is 0.0753. The Morgan fingerprint density at radius 2 is 1.71 bits per heavy atom. The molecule has 0 saturated carbocycles. The van der Waals surface area contributed by atoms with Crippen LogP contribution in [0.5, 0.6) is 0 Å². The number of nitrogens with one attached hydrogen (secondary N) is 1. The quantitative estimate of drug-likeness (QED) is 0.878. The maximum absolute atomic E-state index is 12.5. The molecule has 0 aromatic heterocycles. The van der Waals surface area contributed by atoms with Gasteiger partial charge in [-0.2, -0.15) is 0 Å². The van der Waals surface area contributed by atoms with Crippen LogP contribution in [0.15, 0.2) is 60.7 Å². The number of piperazine rings is 1. The van der Waals surface area contributed by atoms with E-state index in [-0.39, 0.29) is 18.5 Å². The van der Waals surface area contributed by atoms with Gasteiger partial charge in [-0.3, -0.25) is 4.79 Å². The highest BCUT2D eigenvalue weighted by Gasteiger charge is 2.29. The average Bonchev–Trinajstić information content (AvgIpc) is 2.67. The van der Waals surface area contributed by atoms with Gasteiger partial charge in [0.05, 0.1) is 6.04 Å². The third-order valence-corrected chi connectivity index (χ3v) is 4.01. The Balaban J connectivity index is 1.57. The minimum absolute atomic E-state index is 0.00356. The van der Waals surface area contributed by atoms with Crippen LogP contribution < -0.4 is 5.32 Å². The largest absolute Gasteiger partial charge is 0.445 e. The lowest BCUT2D eigenvalue weighted by Crippen LogP contribution is -2.55. The summed E-state index contributed by atoms with van der Waals surface area (Å²) in [6.45, 7) is 1.66. The molecular formula is C19H20N2O3. The molecule has 2 aromatic rings. The van der Waals surface area contributed by atoms with Crippen molar-refractivity contribution in [3.63, 3.8) is 0 Å². The van der Waals surface area contributed by atoms with Crippen molar-refractivity contribution in [2.45, 2.75) is 12.6 Å². The zero-order valence-corrected chi connectivity index (χ0v) is 13.4. The molecule has 2 aromatic carbocycles. The van der Waals surface area contributed by atoms with Gasteiger partial charge in [-0.25, -0.2) is 4.79 Å². The second-order valence-electron chi connectivity index (χ2n) is 5.72. The van der Waals surface area contributed by atoms with Crippen LogP contribution in [0.2, 0.25) is 0 Å². The van der Waals surface area contributed by atoms with Gasteiger partial charge in [0.2, 0.25) is 0 Å². The first-order valence-electron chi connectivity index (χ1n) is 8.02. The first kappa shape index (κ1) is 16.2. The van der Waals surface area contributed by atoms with Crippen molar-refractivity contribution in [2.75, 3.05) is 19.6 Å². The number of carbonyl (C=O) groups excluding carboxylic acids is 2. The lowest BCUT2D eigenvalue weighted by atomic mass is 10.0. The number of nitrogens with zero attached hydrogens (tertiary/aromatic N) is 1. The molecular weight excluding hydrogens is 304 g/mol. The van der Waals surface area contributed by atoms with E-state index in [9.17, 15) is 9.59 Å². The molecule has 1 saturated heterocycles. The van der Waals surface area contributed by atoms with Gasteiger partial charge in [0.1, 0.15) is 6.61 Å². The van der Waals surface area contributed by atoms with Crippen molar-refractivity contribution in [1.82, 2.24) is 10.2 Å². The summed E-state index contributed by atoms with van der Waals surface area (Å²) in [5, 5.41) is 3.18. The molecule has 1 N–H and O–H groups in total. The van der Waals surface area contributed by atoms with Crippen molar-refractivity contribution < 1.29 is 14.3 Å².